The van der Waals surface area contributed by atoms with Crippen LogP contribution in [0.15, 0.2) is 18.2 Å². The molecule has 0 saturated carbocycles. The maximum atomic E-state index is 14.5. The second-order valence-corrected chi connectivity index (χ2v) is 7.99. The van der Waals surface area contributed by atoms with Gasteiger partial charge in [-0.05, 0) is 43.9 Å². The van der Waals surface area contributed by atoms with Crippen molar-refractivity contribution in [3.05, 3.63) is 24.0 Å². The number of carbonyl (C=O) groups excluding carboxylic acids is 2. The van der Waals surface area contributed by atoms with Crippen LogP contribution >= 0.6 is 0 Å². The van der Waals surface area contributed by atoms with E-state index in [9.17, 15) is 14.0 Å². The van der Waals surface area contributed by atoms with E-state index in [4.69, 9.17) is 4.74 Å². The first kappa shape index (κ1) is 19.9. The largest absolute Gasteiger partial charge is 0.378 e. The second kappa shape index (κ2) is 8.98. The number of morpholine rings is 1. The summed E-state index contributed by atoms with van der Waals surface area (Å²) in [4.78, 5) is 30.8. The molecule has 1 aromatic rings. The van der Waals surface area contributed by atoms with Crippen LogP contribution in [0.5, 0.6) is 0 Å². The van der Waals surface area contributed by atoms with Crippen molar-refractivity contribution in [3.63, 3.8) is 0 Å². The minimum absolute atomic E-state index is 0.0330. The van der Waals surface area contributed by atoms with Gasteiger partial charge in [0.1, 0.15) is 5.82 Å². The molecular weight excluding hydrogens is 375 g/mol. The summed E-state index contributed by atoms with van der Waals surface area (Å²) in [5, 5.41) is 2.79. The third-order valence-electron chi connectivity index (χ3n) is 6.10. The van der Waals surface area contributed by atoms with E-state index in [2.05, 4.69) is 5.32 Å². The Kier molecular flexibility index (Phi) is 6.18. The standard InChI is InChI=1S/C21H29FN4O3/c22-18-15-17(3-4-19(18)24-7-1-2-8-24)23-21(28)26-9-5-16(6-10-26)20(27)25-11-13-29-14-12-25/h3-4,15-16H,1-2,5-14H2,(H,23,28). The Morgan fingerprint density at radius 2 is 1.66 bits per heavy atom. The smallest absolute Gasteiger partial charge is 0.321 e. The first-order valence-electron chi connectivity index (χ1n) is 10.6. The molecule has 4 rings (SSSR count). The number of urea groups is 1. The fraction of sp³-hybridized carbons (Fsp3) is 0.619. The maximum Gasteiger partial charge on any atom is 0.321 e. The van der Waals surface area contributed by atoms with Gasteiger partial charge in [0.25, 0.3) is 0 Å². The van der Waals surface area contributed by atoms with Gasteiger partial charge in [-0.25, -0.2) is 9.18 Å². The summed E-state index contributed by atoms with van der Waals surface area (Å²) in [6.45, 7) is 5.31. The van der Waals surface area contributed by atoms with Gasteiger partial charge in [0.05, 0.1) is 18.9 Å². The van der Waals surface area contributed by atoms with E-state index < -0.39 is 0 Å². The van der Waals surface area contributed by atoms with Gasteiger partial charge in [0.15, 0.2) is 0 Å². The number of carbonyl (C=O) groups is 2. The second-order valence-electron chi connectivity index (χ2n) is 7.99. The normalized spacial score (nSPS) is 20.8. The molecule has 8 heteroatoms. The number of anilines is 2. The van der Waals surface area contributed by atoms with Crippen LogP contribution in [0.1, 0.15) is 25.7 Å². The predicted molar refractivity (Wildman–Crippen MR) is 109 cm³/mol. The molecule has 0 aliphatic carbocycles. The van der Waals surface area contributed by atoms with Gasteiger partial charge in [-0.1, -0.05) is 0 Å². The monoisotopic (exact) mass is 404 g/mol. The molecule has 0 unspecified atom stereocenters. The van der Waals surface area contributed by atoms with Crippen molar-refractivity contribution in [1.82, 2.24) is 9.80 Å². The number of likely N-dealkylation sites (tertiary alicyclic amines) is 1. The SMILES string of the molecule is O=C(Nc1ccc(N2CCCC2)c(F)c1)N1CCC(C(=O)N2CCOCC2)CC1. The Morgan fingerprint density at radius 1 is 0.966 bits per heavy atom. The molecule has 0 radical (unpaired) electrons. The zero-order valence-electron chi connectivity index (χ0n) is 16.7. The van der Waals surface area contributed by atoms with Gasteiger partial charge in [0.2, 0.25) is 5.91 Å². The lowest BCUT2D eigenvalue weighted by molar-refractivity contribution is -0.140. The zero-order valence-corrected chi connectivity index (χ0v) is 16.7. The van der Waals surface area contributed by atoms with Gasteiger partial charge >= 0.3 is 6.03 Å². The van der Waals surface area contributed by atoms with Crippen LogP contribution in [0.4, 0.5) is 20.6 Å². The van der Waals surface area contributed by atoms with Crippen LogP contribution in [0.2, 0.25) is 0 Å². The highest BCUT2D eigenvalue weighted by molar-refractivity contribution is 5.90. The number of benzene rings is 1. The van der Waals surface area contributed by atoms with Gasteiger partial charge in [-0.2, -0.15) is 0 Å². The fourth-order valence-corrected chi connectivity index (χ4v) is 4.37. The first-order valence-corrected chi connectivity index (χ1v) is 10.6. The van der Waals surface area contributed by atoms with Gasteiger partial charge in [0, 0.05) is 50.9 Å². The molecule has 3 aliphatic rings. The van der Waals surface area contributed by atoms with E-state index in [0.29, 0.717) is 63.6 Å². The van der Waals surface area contributed by atoms with E-state index in [1.165, 1.54) is 6.07 Å². The van der Waals surface area contributed by atoms with Gasteiger partial charge in [-0.15, -0.1) is 0 Å². The molecule has 0 aromatic heterocycles. The van der Waals surface area contributed by atoms with Crippen LogP contribution in [0.25, 0.3) is 0 Å². The third kappa shape index (κ3) is 4.63. The van der Waals surface area contributed by atoms with E-state index in [-0.39, 0.29) is 23.7 Å². The number of nitrogens with one attached hydrogen (secondary N) is 1. The summed E-state index contributed by atoms with van der Waals surface area (Å²) in [6, 6.07) is 4.64. The molecule has 0 atom stereocenters. The van der Waals surface area contributed by atoms with Crippen LogP contribution in [-0.2, 0) is 9.53 Å². The third-order valence-corrected chi connectivity index (χ3v) is 6.10. The molecule has 0 spiro atoms. The molecule has 7 nitrogen and oxygen atoms in total. The fourth-order valence-electron chi connectivity index (χ4n) is 4.37. The average molecular weight is 404 g/mol. The summed E-state index contributed by atoms with van der Waals surface area (Å²) in [5.41, 5.74) is 1.06. The summed E-state index contributed by atoms with van der Waals surface area (Å²) in [7, 11) is 0. The van der Waals surface area contributed by atoms with E-state index >= 15 is 0 Å². The Hall–Kier alpha value is -2.35. The Morgan fingerprint density at radius 3 is 2.31 bits per heavy atom. The minimum atomic E-state index is -0.306. The highest BCUT2D eigenvalue weighted by Crippen LogP contribution is 2.27. The quantitative estimate of drug-likeness (QED) is 0.841. The van der Waals surface area contributed by atoms with E-state index in [1.54, 1.807) is 17.0 Å². The number of hydrogen-bond acceptors (Lipinski definition) is 4. The lowest BCUT2D eigenvalue weighted by Crippen LogP contribution is -2.48. The summed E-state index contributed by atoms with van der Waals surface area (Å²) in [5.74, 6) is -0.165. The van der Waals surface area contributed by atoms with Crippen LogP contribution in [-0.4, -0.2) is 74.2 Å². The summed E-state index contributed by atoms with van der Waals surface area (Å²) >= 11 is 0. The predicted octanol–water partition coefficient (Wildman–Crippen LogP) is 2.53. The van der Waals surface area contributed by atoms with Crippen molar-refractivity contribution in [1.29, 1.82) is 0 Å². The van der Waals surface area contributed by atoms with Gasteiger partial charge < -0.3 is 24.8 Å². The Labute approximate surface area is 170 Å². The van der Waals surface area contributed by atoms with E-state index in [1.807, 2.05) is 9.80 Å². The average Bonchev–Trinajstić information content (AvgIpc) is 3.28. The Balaban J connectivity index is 1.28. The van der Waals surface area contributed by atoms with Crippen molar-refractivity contribution >= 4 is 23.3 Å². The molecule has 3 heterocycles. The Bertz CT molecular complexity index is 739. The molecule has 29 heavy (non-hydrogen) atoms. The molecule has 1 N–H and O–H groups in total. The van der Waals surface area contributed by atoms with Crippen LogP contribution in [0.3, 0.4) is 0 Å². The molecule has 3 saturated heterocycles. The first-order chi connectivity index (χ1) is 14.1. The highest BCUT2D eigenvalue weighted by atomic mass is 19.1. The topological polar surface area (TPSA) is 65.1 Å². The lowest BCUT2D eigenvalue weighted by Gasteiger charge is -2.35. The summed E-state index contributed by atoms with van der Waals surface area (Å²) in [6.07, 6.45) is 3.49. The minimum Gasteiger partial charge on any atom is -0.378 e. The highest BCUT2D eigenvalue weighted by Gasteiger charge is 2.31. The molecule has 3 amide bonds. The number of halogens is 1. The molecule has 158 valence electrons. The van der Waals surface area contributed by atoms with Crippen molar-refractivity contribution in [2.24, 2.45) is 5.92 Å². The number of nitrogens with zero attached hydrogens (tertiary/aromatic N) is 3. The van der Waals surface area contributed by atoms with E-state index in [0.717, 1.165) is 25.9 Å². The number of amides is 3. The number of rotatable bonds is 3. The van der Waals surface area contributed by atoms with Crippen molar-refractivity contribution in [2.45, 2.75) is 25.7 Å². The van der Waals surface area contributed by atoms with Crippen molar-refractivity contribution in [2.75, 3.05) is 62.7 Å². The lowest BCUT2D eigenvalue weighted by atomic mass is 9.95. The zero-order chi connectivity index (χ0) is 20.2. The summed E-state index contributed by atoms with van der Waals surface area (Å²) < 4.78 is 19.8. The molecule has 3 aliphatic heterocycles. The van der Waals surface area contributed by atoms with Crippen molar-refractivity contribution in [3.8, 4) is 0 Å². The number of piperidine rings is 1. The molecule has 0 bridgehead atoms. The maximum absolute atomic E-state index is 14.5. The molecule has 3 fully saturated rings. The van der Waals surface area contributed by atoms with Crippen LogP contribution in [0, 0.1) is 11.7 Å². The number of hydrogen-bond donors (Lipinski definition) is 1. The number of ether oxygens (including phenoxy) is 1. The molecular formula is C21H29FN4O3. The van der Waals surface area contributed by atoms with Crippen molar-refractivity contribution < 1.29 is 18.7 Å². The van der Waals surface area contributed by atoms with Gasteiger partial charge in [-0.3, -0.25) is 4.79 Å². The van der Waals surface area contributed by atoms with Crippen LogP contribution < -0.4 is 10.2 Å². The molecule has 1 aromatic carbocycles.